The Morgan fingerprint density at radius 1 is 1.04 bits per heavy atom. The molecule has 0 spiro atoms. The molecular weight excluding hydrogens is 370 g/mol. The molecule has 5 nitrogen and oxygen atoms in total. The zero-order chi connectivity index (χ0) is 19.5. The first kappa shape index (κ1) is 19.1. The van der Waals surface area contributed by atoms with Crippen molar-refractivity contribution < 1.29 is 9.59 Å². The van der Waals surface area contributed by atoms with Gasteiger partial charge in [-0.1, -0.05) is 24.3 Å². The molecule has 6 heteroatoms. The third-order valence-electron chi connectivity index (χ3n) is 5.84. The van der Waals surface area contributed by atoms with Crippen molar-refractivity contribution in [3.05, 3.63) is 40.2 Å². The summed E-state index contributed by atoms with van der Waals surface area (Å²) in [5.74, 6) is 0.560. The van der Waals surface area contributed by atoms with Gasteiger partial charge in [-0.05, 0) is 38.2 Å². The molecule has 0 bridgehead atoms. The largest absolute Gasteiger partial charge is 0.342 e. The maximum Gasteiger partial charge on any atom is 0.226 e. The second kappa shape index (κ2) is 8.43. The summed E-state index contributed by atoms with van der Waals surface area (Å²) in [5.41, 5.74) is 3.10. The molecule has 2 aliphatic rings. The summed E-state index contributed by atoms with van der Waals surface area (Å²) in [5, 5.41) is 3.11. The molecule has 0 radical (unpaired) electrons. The van der Waals surface area contributed by atoms with Gasteiger partial charge in [-0.3, -0.25) is 9.59 Å². The van der Waals surface area contributed by atoms with Gasteiger partial charge in [0.25, 0.3) is 0 Å². The predicted octanol–water partition coefficient (Wildman–Crippen LogP) is 3.52. The fourth-order valence-electron chi connectivity index (χ4n) is 4.15. The normalized spacial score (nSPS) is 17.9. The SMILES string of the molecule is Cc1nc(-c2ccc(CC(=O)N3CCC(C(=O)N4CCCC4)CC3)cc2)cs1. The molecule has 2 aliphatic heterocycles. The van der Waals surface area contributed by atoms with Crippen molar-refractivity contribution in [1.82, 2.24) is 14.8 Å². The monoisotopic (exact) mass is 397 g/mol. The van der Waals surface area contributed by atoms with Crippen LogP contribution in [-0.2, 0) is 16.0 Å². The molecule has 1 aromatic carbocycles. The average molecular weight is 398 g/mol. The van der Waals surface area contributed by atoms with E-state index in [1.54, 1.807) is 11.3 Å². The van der Waals surface area contributed by atoms with Gasteiger partial charge in [0, 0.05) is 43.0 Å². The molecule has 3 heterocycles. The van der Waals surface area contributed by atoms with Gasteiger partial charge in [-0.25, -0.2) is 4.98 Å². The lowest BCUT2D eigenvalue weighted by molar-refractivity contribution is -0.139. The number of rotatable bonds is 4. The number of hydrogen-bond acceptors (Lipinski definition) is 4. The molecule has 2 saturated heterocycles. The third kappa shape index (κ3) is 4.27. The lowest BCUT2D eigenvalue weighted by Crippen LogP contribution is -2.44. The van der Waals surface area contributed by atoms with E-state index in [-0.39, 0.29) is 11.8 Å². The molecule has 1 aromatic heterocycles. The fourth-order valence-corrected chi connectivity index (χ4v) is 4.77. The van der Waals surface area contributed by atoms with Gasteiger partial charge < -0.3 is 9.80 Å². The van der Waals surface area contributed by atoms with Gasteiger partial charge >= 0.3 is 0 Å². The molecular formula is C22H27N3O2S. The van der Waals surface area contributed by atoms with Crippen molar-refractivity contribution in [3.8, 4) is 11.3 Å². The standard InChI is InChI=1S/C22H27N3O2S/c1-16-23-20(15-28-16)18-6-4-17(5-7-18)14-21(26)24-12-8-19(9-13-24)22(27)25-10-2-3-11-25/h4-7,15,19H,2-3,8-14H2,1H3. The van der Waals surface area contributed by atoms with Crippen molar-refractivity contribution in [2.75, 3.05) is 26.2 Å². The van der Waals surface area contributed by atoms with Crippen molar-refractivity contribution in [2.24, 2.45) is 5.92 Å². The molecule has 2 fully saturated rings. The van der Waals surface area contributed by atoms with E-state index in [1.165, 1.54) is 0 Å². The smallest absolute Gasteiger partial charge is 0.226 e. The Kier molecular flexibility index (Phi) is 5.76. The number of benzene rings is 1. The molecule has 4 rings (SSSR count). The third-order valence-corrected chi connectivity index (χ3v) is 6.61. The Balaban J connectivity index is 1.29. The van der Waals surface area contributed by atoms with Crippen molar-refractivity contribution in [2.45, 2.75) is 39.0 Å². The Morgan fingerprint density at radius 3 is 2.32 bits per heavy atom. The minimum Gasteiger partial charge on any atom is -0.342 e. The van der Waals surface area contributed by atoms with E-state index in [4.69, 9.17) is 0 Å². The zero-order valence-electron chi connectivity index (χ0n) is 16.4. The molecule has 28 heavy (non-hydrogen) atoms. The van der Waals surface area contributed by atoms with Crippen LogP contribution in [0.25, 0.3) is 11.3 Å². The second-order valence-electron chi connectivity index (χ2n) is 7.81. The molecule has 2 amide bonds. The van der Waals surface area contributed by atoms with Gasteiger partial charge in [-0.2, -0.15) is 0 Å². The fraction of sp³-hybridized carbons (Fsp3) is 0.500. The Hall–Kier alpha value is -2.21. The number of aromatic nitrogens is 1. The molecule has 2 aromatic rings. The number of piperidine rings is 1. The van der Waals surface area contributed by atoms with Crippen molar-refractivity contribution >= 4 is 23.2 Å². The van der Waals surface area contributed by atoms with Crippen LogP contribution < -0.4 is 0 Å². The Bertz CT molecular complexity index is 832. The Labute approximate surface area is 170 Å². The van der Waals surface area contributed by atoms with E-state index >= 15 is 0 Å². The number of carbonyl (C=O) groups is 2. The molecule has 0 aliphatic carbocycles. The van der Waals surface area contributed by atoms with Crippen LogP contribution in [0.4, 0.5) is 0 Å². The highest BCUT2D eigenvalue weighted by Crippen LogP contribution is 2.24. The zero-order valence-corrected chi connectivity index (χ0v) is 17.2. The number of aryl methyl sites for hydroxylation is 1. The predicted molar refractivity (Wildman–Crippen MR) is 111 cm³/mol. The quantitative estimate of drug-likeness (QED) is 0.793. The number of likely N-dealkylation sites (tertiary alicyclic amines) is 2. The first-order valence-corrected chi connectivity index (χ1v) is 11.1. The number of nitrogens with zero attached hydrogens (tertiary/aromatic N) is 3. The van der Waals surface area contributed by atoms with Gasteiger partial charge in [0.1, 0.15) is 0 Å². The van der Waals surface area contributed by atoms with E-state index in [0.29, 0.717) is 25.4 Å². The minimum atomic E-state index is 0.100. The van der Waals surface area contributed by atoms with E-state index in [2.05, 4.69) is 10.4 Å². The van der Waals surface area contributed by atoms with Gasteiger partial charge in [0.15, 0.2) is 0 Å². The summed E-state index contributed by atoms with van der Waals surface area (Å²) in [4.78, 5) is 33.7. The van der Waals surface area contributed by atoms with Crippen LogP contribution in [0.15, 0.2) is 29.6 Å². The second-order valence-corrected chi connectivity index (χ2v) is 8.88. The minimum absolute atomic E-state index is 0.100. The molecule has 0 unspecified atom stereocenters. The van der Waals surface area contributed by atoms with Crippen LogP contribution >= 0.6 is 11.3 Å². The summed E-state index contributed by atoms with van der Waals surface area (Å²) in [7, 11) is 0. The van der Waals surface area contributed by atoms with E-state index < -0.39 is 0 Å². The number of amides is 2. The summed E-state index contributed by atoms with van der Waals surface area (Å²) in [6.45, 7) is 5.21. The number of thiazole rings is 1. The van der Waals surface area contributed by atoms with E-state index in [1.807, 2.05) is 41.0 Å². The highest BCUT2D eigenvalue weighted by Gasteiger charge is 2.31. The molecule has 0 saturated carbocycles. The van der Waals surface area contributed by atoms with Crippen LogP contribution in [0, 0.1) is 12.8 Å². The lowest BCUT2D eigenvalue weighted by Gasteiger charge is -2.33. The molecule has 0 atom stereocenters. The highest BCUT2D eigenvalue weighted by molar-refractivity contribution is 7.09. The van der Waals surface area contributed by atoms with Crippen LogP contribution in [0.3, 0.4) is 0 Å². The Morgan fingerprint density at radius 2 is 1.71 bits per heavy atom. The van der Waals surface area contributed by atoms with Crippen LogP contribution in [-0.4, -0.2) is 52.8 Å². The number of hydrogen-bond donors (Lipinski definition) is 0. The first-order valence-electron chi connectivity index (χ1n) is 10.2. The summed E-state index contributed by atoms with van der Waals surface area (Å²) in [6.07, 6.45) is 4.27. The van der Waals surface area contributed by atoms with Crippen LogP contribution in [0.2, 0.25) is 0 Å². The lowest BCUT2D eigenvalue weighted by atomic mass is 9.95. The van der Waals surface area contributed by atoms with Crippen molar-refractivity contribution in [3.63, 3.8) is 0 Å². The number of carbonyl (C=O) groups excluding carboxylic acids is 2. The molecule has 148 valence electrons. The topological polar surface area (TPSA) is 53.5 Å². The highest BCUT2D eigenvalue weighted by atomic mass is 32.1. The summed E-state index contributed by atoms with van der Waals surface area (Å²) >= 11 is 1.64. The summed E-state index contributed by atoms with van der Waals surface area (Å²) < 4.78 is 0. The average Bonchev–Trinajstić information content (AvgIpc) is 3.40. The van der Waals surface area contributed by atoms with Gasteiger partial charge in [0.05, 0.1) is 17.1 Å². The van der Waals surface area contributed by atoms with Gasteiger partial charge in [0.2, 0.25) is 11.8 Å². The molecule has 0 N–H and O–H groups in total. The van der Waals surface area contributed by atoms with Crippen molar-refractivity contribution in [1.29, 1.82) is 0 Å². The first-order chi connectivity index (χ1) is 13.6. The van der Waals surface area contributed by atoms with Crippen LogP contribution in [0.1, 0.15) is 36.3 Å². The summed E-state index contributed by atoms with van der Waals surface area (Å²) in [6, 6.07) is 8.12. The maximum absolute atomic E-state index is 12.7. The van der Waals surface area contributed by atoms with E-state index in [0.717, 1.165) is 60.6 Å². The van der Waals surface area contributed by atoms with Gasteiger partial charge in [-0.15, -0.1) is 11.3 Å². The van der Waals surface area contributed by atoms with Crippen LogP contribution in [0.5, 0.6) is 0 Å². The van der Waals surface area contributed by atoms with E-state index in [9.17, 15) is 9.59 Å². The maximum atomic E-state index is 12.7.